The Kier molecular flexibility index (Phi) is 3.48. The molecule has 0 aliphatic carbocycles. The first-order valence-corrected chi connectivity index (χ1v) is 6.18. The number of aromatic amines is 1. The van der Waals surface area contributed by atoms with E-state index in [-0.39, 0.29) is 5.82 Å². The Morgan fingerprint density at radius 1 is 1.56 bits per heavy atom. The van der Waals surface area contributed by atoms with Gasteiger partial charge in [0, 0.05) is 28.3 Å². The second-order valence-corrected chi connectivity index (χ2v) is 5.24. The predicted octanol–water partition coefficient (Wildman–Crippen LogP) is 3.34. The highest BCUT2D eigenvalue weighted by molar-refractivity contribution is 9.10. The molecule has 0 aliphatic heterocycles. The number of aromatic nitrogens is 2. The average molecular weight is 308 g/mol. The number of imidazole rings is 1. The third kappa shape index (κ3) is 2.44. The topological polar surface area (TPSA) is 52.5 Å². The molecule has 0 amide bonds. The highest BCUT2D eigenvalue weighted by atomic mass is 79.9. The van der Waals surface area contributed by atoms with Gasteiger partial charge in [0.2, 0.25) is 0 Å². The van der Waals surface area contributed by atoms with Crippen LogP contribution in [0.2, 0.25) is 0 Å². The van der Waals surface area contributed by atoms with Crippen LogP contribution >= 0.6 is 15.9 Å². The number of H-pyrrole nitrogens is 1. The van der Waals surface area contributed by atoms with Crippen LogP contribution in [0.4, 0.5) is 4.39 Å². The van der Waals surface area contributed by atoms with Gasteiger partial charge in [-0.05, 0) is 25.1 Å². The summed E-state index contributed by atoms with van der Waals surface area (Å²) in [5, 5.41) is 9.39. The SMILES string of the molecule is CC(C#N)(Cc1cnc[nH]1)c1cc(Br)ccc1F. The van der Waals surface area contributed by atoms with Gasteiger partial charge in [-0.25, -0.2) is 9.37 Å². The molecule has 0 saturated carbocycles. The Morgan fingerprint density at radius 3 is 2.94 bits per heavy atom. The van der Waals surface area contributed by atoms with Crippen molar-refractivity contribution in [1.82, 2.24) is 9.97 Å². The molecule has 2 aromatic rings. The number of nitrogens with one attached hydrogen (secondary N) is 1. The van der Waals surface area contributed by atoms with Gasteiger partial charge in [0.15, 0.2) is 0 Å². The van der Waals surface area contributed by atoms with Crippen LogP contribution in [0, 0.1) is 17.1 Å². The zero-order valence-corrected chi connectivity index (χ0v) is 11.3. The molecule has 18 heavy (non-hydrogen) atoms. The lowest BCUT2D eigenvalue weighted by Gasteiger charge is -2.22. The lowest BCUT2D eigenvalue weighted by molar-refractivity contribution is 0.530. The minimum atomic E-state index is -0.930. The van der Waals surface area contributed by atoms with E-state index in [0.717, 1.165) is 10.2 Å². The zero-order chi connectivity index (χ0) is 13.2. The monoisotopic (exact) mass is 307 g/mol. The molecule has 1 heterocycles. The van der Waals surface area contributed by atoms with E-state index in [2.05, 4.69) is 32.0 Å². The van der Waals surface area contributed by atoms with Crippen molar-refractivity contribution in [3.8, 4) is 6.07 Å². The molecule has 0 fully saturated rings. The van der Waals surface area contributed by atoms with E-state index < -0.39 is 5.41 Å². The van der Waals surface area contributed by atoms with Gasteiger partial charge in [0.25, 0.3) is 0 Å². The molecule has 1 aromatic heterocycles. The van der Waals surface area contributed by atoms with E-state index in [1.807, 2.05) is 0 Å². The Bertz CT molecular complexity index is 589. The second-order valence-electron chi connectivity index (χ2n) is 4.32. The highest BCUT2D eigenvalue weighted by Crippen LogP contribution is 2.31. The Hall–Kier alpha value is -1.67. The Labute approximate surface area is 113 Å². The van der Waals surface area contributed by atoms with E-state index in [9.17, 15) is 9.65 Å². The summed E-state index contributed by atoms with van der Waals surface area (Å²) in [6, 6.07) is 6.82. The summed E-state index contributed by atoms with van der Waals surface area (Å²) in [4.78, 5) is 6.84. The molecule has 0 aliphatic rings. The first kappa shape index (κ1) is 12.8. The minimum Gasteiger partial charge on any atom is -0.348 e. The van der Waals surface area contributed by atoms with Crippen LogP contribution in [0.3, 0.4) is 0 Å². The van der Waals surface area contributed by atoms with Gasteiger partial charge >= 0.3 is 0 Å². The zero-order valence-electron chi connectivity index (χ0n) is 9.74. The molecule has 5 heteroatoms. The van der Waals surface area contributed by atoms with E-state index in [1.54, 1.807) is 31.6 Å². The summed E-state index contributed by atoms with van der Waals surface area (Å²) >= 11 is 3.30. The summed E-state index contributed by atoms with van der Waals surface area (Å²) in [6.07, 6.45) is 3.58. The van der Waals surface area contributed by atoms with E-state index in [4.69, 9.17) is 0 Å². The fourth-order valence-corrected chi connectivity index (χ4v) is 2.24. The van der Waals surface area contributed by atoms with Crippen molar-refractivity contribution in [2.75, 3.05) is 0 Å². The normalized spacial score (nSPS) is 13.9. The molecular formula is C13H11BrFN3. The molecule has 0 bridgehead atoms. The fraction of sp³-hybridized carbons (Fsp3) is 0.231. The van der Waals surface area contributed by atoms with Crippen molar-refractivity contribution >= 4 is 15.9 Å². The van der Waals surface area contributed by atoms with Crippen molar-refractivity contribution in [3.05, 3.63) is 52.3 Å². The number of hydrogen-bond donors (Lipinski definition) is 1. The maximum atomic E-state index is 13.9. The molecule has 1 atom stereocenters. The van der Waals surface area contributed by atoms with Gasteiger partial charge in [0.05, 0.1) is 17.8 Å². The molecule has 0 saturated heterocycles. The van der Waals surface area contributed by atoms with E-state index >= 15 is 0 Å². The fourth-order valence-electron chi connectivity index (χ4n) is 1.88. The van der Waals surface area contributed by atoms with Gasteiger partial charge < -0.3 is 4.98 Å². The Morgan fingerprint density at radius 2 is 2.33 bits per heavy atom. The minimum absolute atomic E-state index is 0.373. The van der Waals surface area contributed by atoms with Crippen molar-refractivity contribution in [1.29, 1.82) is 5.26 Å². The van der Waals surface area contributed by atoms with Crippen LogP contribution < -0.4 is 0 Å². The van der Waals surface area contributed by atoms with Crippen LogP contribution in [0.15, 0.2) is 35.2 Å². The third-order valence-electron chi connectivity index (χ3n) is 2.87. The van der Waals surface area contributed by atoms with Crippen molar-refractivity contribution in [2.24, 2.45) is 0 Å². The van der Waals surface area contributed by atoms with Gasteiger partial charge in [-0.1, -0.05) is 15.9 Å². The molecule has 1 aromatic carbocycles. The number of nitrogens with zero attached hydrogens (tertiary/aromatic N) is 2. The highest BCUT2D eigenvalue weighted by Gasteiger charge is 2.30. The van der Waals surface area contributed by atoms with Crippen molar-refractivity contribution in [2.45, 2.75) is 18.8 Å². The Balaban J connectivity index is 2.43. The van der Waals surface area contributed by atoms with E-state index in [0.29, 0.717) is 12.0 Å². The van der Waals surface area contributed by atoms with Crippen LogP contribution in [0.25, 0.3) is 0 Å². The molecule has 92 valence electrons. The summed E-state index contributed by atoms with van der Waals surface area (Å²) < 4.78 is 14.6. The van der Waals surface area contributed by atoms with Crippen LogP contribution in [-0.4, -0.2) is 9.97 Å². The quantitative estimate of drug-likeness (QED) is 0.945. The smallest absolute Gasteiger partial charge is 0.128 e. The number of halogens is 2. The van der Waals surface area contributed by atoms with Crippen LogP contribution in [0.5, 0.6) is 0 Å². The number of nitriles is 1. The molecule has 1 N–H and O–H groups in total. The summed E-state index contributed by atoms with van der Waals surface area (Å²) in [5.74, 6) is -0.373. The lowest BCUT2D eigenvalue weighted by Crippen LogP contribution is -2.24. The largest absolute Gasteiger partial charge is 0.348 e. The summed E-state index contributed by atoms with van der Waals surface area (Å²) in [5.41, 5.74) is 0.257. The second kappa shape index (κ2) is 4.91. The summed E-state index contributed by atoms with van der Waals surface area (Å²) in [7, 11) is 0. The maximum absolute atomic E-state index is 13.9. The first-order chi connectivity index (χ1) is 8.55. The van der Waals surface area contributed by atoms with Crippen LogP contribution in [-0.2, 0) is 11.8 Å². The van der Waals surface area contributed by atoms with Gasteiger partial charge in [0.1, 0.15) is 5.82 Å². The summed E-state index contributed by atoms with van der Waals surface area (Å²) in [6.45, 7) is 1.72. The maximum Gasteiger partial charge on any atom is 0.128 e. The van der Waals surface area contributed by atoms with Crippen molar-refractivity contribution < 1.29 is 4.39 Å². The van der Waals surface area contributed by atoms with E-state index in [1.165, 1.54) is 6.07 Å². The van der Waals surface area contributed by atoms with Gasteiger partial charge in [-0.15, -0.1) is 0 Å². The molecule has 3 nitrogen and oxygen atoms in total. The molecule has 1 unspecified atom stereocenters. The third-order valence-corrected chi connectivity index (χ3v) is 3.36. The standard InChI is InChI=1S/C13H11BrFN3/c1-13(7-16,5-10-6-17-8-18-10)11-4-9(14)2-3-12(11)15/h2-4,6,8H,5H2,1H3,(H,17,18). The average Bonchev–Trinajstić information content (AvgIpc) is 2.84. The first-order valence-electron chi connectivity index (χ1n) is 5.39. The molecule has 2 rings (SSSR count). The van der Waals surface area contributed by atoms with Gasteiger partial charge in [-0.2, -0.15) is 5.26 Å². The molecule has 0 radical (unpaired) electrons. The molecule has 0 spiro atoms. The van der Waals surface area contributed by atoms with Crippen LogP contribution in [0.1, 0.15) is 18.2 Å². The number of rotatable bonds is 3. The molecular weight excluding hydrogens is 297 g/mol. The lowest BCUT2D eigenvalue weighted by atomic mass is 9.80. The van der Waals surface area contributed by atoms with Crippen molar-refractivity contribution in [3.63, 3.8) is 0 Å². The number of hydrogen-bond acceptors (Lipinski definition) is 2. The predicted molar refractivity (Wildman–Crippen MR) is 69.4 cm³/mol. The van der Waals surface area contributed by atoms with Gasteiger partial charge in [-0.3, -0.25) is 0 Å². The number of benzene rings is 1.